The summed E-state index contributed by atoms with van der Waals surface area (Å²) >= 11 is 0. The molecule has 10 nitrogen and oxygen atoms in total. The summed E-state index contributed by atoms with van der Waals surface area (Å²) in [5, 5.41) is 5.90. The van der Waals surface area contributed by atoms with Crippen LogP contribution >= 0.6 is 0 Å². The standard InChI is InChI=1S/C27H31N3O7/c1-16(2)13-28-26(32)24(29-25(31)18-3-5-20-22(11-18)36-14-34-20)17-7-9-30(10-8-17)27(33)19-4-6-21-23(12-19)37-15-35-21/h3-6,11-12,16-17,24H,7-10,13-15H2,1-2H3,(H,28,32)(H,29,31)/t24-/m1/s1. The van der Waals surface area contributed by atoms with Gasteiger partial charge in [0.1, 0.15) is 6.04 Å². The summed E-state index contributed by atoms with van der Waals surface area (Å²) < 4.78 is 21.4. The Bertz CT molecular complexity index is 1190. The first-order valence-electron chi connectivity index (χ1n) is 12.6. The second-order valence-corrected chi connectivity index (χ2v) is 9.86. The number of carbonyl (C=O) groups is 3. The number of amides is 3. The molecule has 0 unspecified atom stereocenters. The van der Waals surface area contributed by atoms with Gasteiger partial charge in [0, 0.05) is 30.8 Å². The topological polar surface area (TPSA) is 115 Å². The lowest BCUT2D eigenvalue weighted by molar-refractivity contribution is -0.124. The molecule has 0 aliphatic carbocycles. The number of nitrogens with one attached hydrogen (secondary N) is 2. The molecule has 0 aromatic heterocycles. The van der Waals surface area contributed by atoms with E-state index in [9.17, 15) is 14.4 Å². The first kappa shape index (κ1) is 24.7. The molecule has 0 bridgehead atoms. The van der Waals surface area contributed by atoms with Crippen LogP contribution in [0.25, 0.3) is 0 Å². The number of fused-ring (bicyclic) bond motifs is 2. The minimum atomic E-state index is -0.723. The van der Waals surface area contributed by atoms with E-state index in [1.54, 1.807) is 41.3 Å². The predicted octanol–water partition coefficient (Wildman–Crippen LogP) is 2.57. The molecule has 3 aliphatic heterocycles. The van der Waals surface area contributed by atoms with Crippen molar-refractivity contribution in [2.75, 3.05) is 33.2 Å². The van der Waals surface area contributed by atoms with E-state index >= 15 is 0 Å². The van der Waals surface area contributed by atoms with Gasteiger partial charge in [-0.15, -0.1) is 0 Å². The normalized spacial score (nSPS) is 17.0. The van der Waals surface area contributed by atoms with Gasteiger partial charge in [0.2, 0.25) is 19.5 Å². The highest BCUT2D eigenvalue weighted by molar-refractivity contribution is 5.98. The van der Waals surface area contributed by atoms with E-state index in [0.717, 1.165) is 0 Å². The molecule has 3 amide bonds. The Kier molecular flexibility index (Phi) is 7.07. The zero-order valence-electron chi connectivity index (χ0n) is 21.0. The average Bonchev–Trinajstić information content (AvgIpc) is 3.58. The zero-order valence-corrected chi connectivity index (χ0v) is 21.0. The van der Waals surface area contributed by atoms with E-state index in [2.05, 4.69) is 10.6 Å². The van der Waals surface area contributed by atoms with Gasteiger partial charge in [0.15, 0.2) is 23.0 Å². The third-order valence-corrected chi connectivity index (χ3v) is 6.81. The van der Waals surface area contributed by atoms with Crippen LogP contribution in [0, 0.1) is 11.8 Å². The Morgan fingerprint density at radius 3 is 2.05 bits per heavy atom. The Balaban J connectivity index is 1.25. The number of likely N-dealkylation sites (tertiary alicyclic amines) is 1. The van der Waals surface area contributed by atoms with Crippen molar-refractivity contribution in [1.29, 1.82) is 0 Å². The molecule has 1 atom stereocenters. The van der Waals surface area contributed by atoms with Crippen molar-refractivity contribution in [2.24, 2.45) is 11.8 Å². The number of benzene rings is 2. The molecule has 0 saturated carbocycles. The van der Waals surface area contributed by atoms with Gasteiger partial charge >= 0.3 is 0 Å². The maximum Gasteiger partial charge on any atom is 0.253 e. The molecule has 0 spiro atoms. The SMILES string of the molecule is CC(C)CNC(=O)[C@H](NC(=O)c1ccc2c(c1)OCO2)C1CCN(C(=O)c2ccc3c(c2)OCO3)CC1. The number of piperidine rings is 1. The first-order chi connectivity index (χ1) is 17.9. The Labute approximate surface area is 215 Å². The van der Waals surface area contributed by atoms with E-state index in [1.165, 1.54) is 0 Å². The highest BCUT2D eigenvalue weighted by atomic mass is 16.7. The summed E-state index contributed by atoms with van der Waals surface area (Å²) in [6, 6.07) is 9.40. The number of rotatable bonds is 7. The van der Waals surface area contributed by atoms with Crippen LogP contribution < -0.4 is 29.6 Å². The monoisotopic (exact) mass is 509 g/mol. The van der Waals surface area contributed by atoms with Crippen LogP contribution in [-0.2, 0) is 4.79 Å². The average molecular weight is 510 g/mol. The summed E-state index contributed by atoms with van der Waals surface area (Å²) in [6.07, 6.45) is 1.16. The lowest BCUT2D eigenvalue weighted by Gasteiger charge is -2.36. The minimum Gasteiger partial charge on any atom is -0.454 e. The molecule has 0 radical (unpaired) electrons. The van der Waals surface area contributed by atoms with Crippen molar-refractivity contribution < 1.29 is 33.3 Å². The van der Waals surface area contributed by atoms with Crippen LogP contribution in [0.15, 0.2) is 36.4 Å². The third-order valence-electron chi connectivity index (χ3n) is 6.81. The van der Waals surface area contributed by atoms with Gasteiger partial charge in [-0.05, 0) is 61.1 Å². The molecule has 3 aliphatic rings. The van der Waals surface area contributed by atoms with Crippen LogP contribution in [0.5, 0.6) is 23.0 Å². The van der Waals surface area contributed by atoms with Crippen LogP contribution in [0.4, 0.5) is 0 Å². The van der Waals surface area contributed by atoms with Crippen LogP contribution in [-0.4, -0.2) is 61.9 Å². The minimum absolute atomic E-state index is 0.0954. The van der Waals surface area contributed by atoms with Crippen molar-refractivity contribution in [1.82, 2.24) is 15.5 Å². The second kappa shape index (κ2) is 10.6. The number of hydrogen-bond acceptors (Lipinski definition) is 7. The van der Waals surface area contributed by atoms with Gasteiger partial charge in [0.25, 0.3) is 11.8 Å². The first-order valence-corrected chi connectivity index (χ1v) is 12.6. The van der Waals surface area contributed by atoms with Gasteiger partial charge in [-0.2, -0.15) is 0 Å². The number of hydrogen-bond donors (Lipinski definition) is 2. The van der Waals surface area contributed by atoms with E-state index in [1.807, 2.05) is 13.8 Å². The number of ether oxygens (including phenoxy) is 4. The van der Waals surface area contributed by atoms with E-state index < -0.39 is 6.04 Å². The summed E-state index contributed by atoms with van der Waals surface area (Å²) in [6.45, 7) is 5.76. The Morgan fingerprint density at radius 1 is 0.865 bits per heavy atom. The number of nitrogens with zero attached hydrogens (tertiary/aromatic N) is 1. The van der Waals surface area contributed by atoms with E-state index in [-0.39, 0.29) is 43.1 Å². The molecule has 1 saturated heterocycles. The molecule has 5 rings (SSSR count). The molecule has 1 fully saturated rings. The largest absolute Gasteiger partial charge is 0.454 e. The van der Waals surface area contributed by atoms with Crippen LogP contribution in [0.2, 0.25) is 0 Å². The Morgan fingerprint density at radius 2 is 1.43 bits per heavy atom. The number of carbonyl (C=O) groups excluding carboxylic acids is 3. The highest BCUT2D eigenvalue weighted by Crippen LogP contribution is 2.34. The quantitative estimate of drug-likeness (QED) is 0.590. The van der Waals surface area contributed by atoms with Crippen molar-refractivity contribution in [3.63, 3.8) is 0 Å². The van der Waals surface area contributed by atoms with E-state index in [0.29, 0.717) is 66.6 Å². The molecule has 3 heterocycles. The fourth-order valence-electron chi connectivity index (χ4n) is 4.72. The predicted molar refractivity (Wildman–Crippen MR) is 133 cm³/mol. The zero-order chi connectivity index (χ0) is 25.9. The summed E-state index contributed by atoms with van der Waals surface area (Å²) in [4.78, 5) is 41.2. The summed E-state index contributed by atoms with van der Waals surface area (Å²) in [7, 11) is 0. The van der Waals surface area contributed by atoms with Crippen LogP contribution in [0.1, 0.15) is 47.4 Å². The van der Waals surface area contributed by atoms with Crippen molar-refractivity contribution in [2.45, 2.75) is 32.7 Å². The van der Waals surface area contributed by atoms with Crippen LogP contribution in [0.3, 0.4) is 0 Å². The maximum atomic E-state index is 13.2. The van der Waals surface area contributed by atoms with Gasteiger partial charge in [0.05, 0.1) is 0 Å². The second-order valence-electron chi connectivity index (χ2n) is 9.86. The Hall–Kier alpha value is -3.95. The molecule has 37 heavy (non-hydrogen) atoms. The smallest absolute Gasteiger partial charge is 0.253 e. The highest BCUT2D eigenvalue weighted by Gasteiger charge is 2.34. The lowest BCUT2D eigenvalue weighted by Crippen LogP contribution is -2.54. The maximum absolute atomic E-state index is 13.2. The van der Waals surface area contributed by atoms with Crippen molar-refractivity contribution >= 4 is 17.7 Å². The fraction of sp³-hybridized carbons (Fsp3) is 0.444. The molecular weight excluding hydrogens is 478 g/mol. The van der Waals surface area contributed by atoms with Gasteiger partial charge in [-0.25, -0.2) is 0 Å². The van der Waals surface area contributed by atoms with Gasteiger partial charge in [-0.3, -0.25) is 14.4 Å². The summed E-state index contributed by atoms with van der Waals surface area (Å²) in [5.74, 6) is 1.76. The van der Waals surface area contributed by atoms with Gasteiger partial charge < -0.3 is 34.5 Å². The molecule has 196 valence electrons. The molecule has 2 aromatic carbocycles. The van der Waals surface area contributed by atoms with E-state index in [4.69, 9.17) is 18.9 Å². The third kappa shape index (κ3) is 5.42. The molecule has 10 heteroatoms. The molecule has 2 N–H and O–H groups in total. The van der Waals surface area contributed by atoms with Gasteiger partial charge in [-0.1, -0.05) is 13.8 Å². The summed E-state index contributed by atoms with van der Waals surface area (Å²) in [5.41, 5.74) is 0.923. The molecular formula is C27H31N3O7. The van der Waals surface area contributed by atoms with Crippen molar-refractivity contribution in [3.8, 4) is 23.0 Å². The fourth-order valence-corrected chi connectivity index (χ4v) is 4.72. The van der Waals surface area contributed by atoms with Crippen molar-refractivity contribution in [3.05, 3.63) is 47.5 Å². The lowest BCUT2D eigenvalue weighted by atomic mass is 9.88. The molecule has 2 aromatic rings.